The highest BCUT2D eigenvalue weighted by Crippen LogP contribution is 2.46. The Bertz CT molecular complexity index is 257. The van der Waals surface area contributed by atoms with E-state index < -0.39 is 0 Å². The van der Waals surface area contributed by atoms with E-state index in [4.69, 9.17) is 5.73 Å². The van der Waals surface area contributed by atoms with Crippen molar-refractivity contribution in [1.82, 2.24) is 4.90 Å². The Morgan fingerprint density at radius 3 is 2.50 bits per heavy atom. The molecule has 0 aromatic heterocycles. The summed E-state index contributed by atoms with van der Waals surface area (Å²) < 4.78 is 0. The van der Waals surface area contributed by atoms with Crippen molar-refractivity contribution in [1.29, 1.82) is 0 Å². The number of amides is 2. The Labute approximate surface area is 83.4 Å². The van der Waals surface area contributed by atoms with Crippen LogP contribution in [0, 0.1) is 11.8 Å². The van der Waals surface area contributed by atoms with Gasteiger partial charge in [-0.3, -0.25) is 14.5 Å². The van der Waals surface area contributed by atoms with Crippen LogP contribution in [0.1, 0.15) is 26.2 Å². The van der Waals surface area contributed by atoms with Gasteiger partial charge in [0.15, 0.2) is 0 Å². The van der Waals surface area contributed by atoms with Crippen LogP contribution in [-0.2, 0) is 9.59 Å². The largest absolute Gasteiger partial charge is 0.326 e. The third-order valence-corrected chi connectivity index (χ3v) is 3.03. The van der Waals surface area contributed by atoms with Crippen molar-refractivity contribution in [2.45, 2.75) is 32.2 Å². The molecule has 1 saturated carbocycles. The highest BCUT2D eigenvalue weighted by atomic mass is 16.2. The normalized spacial score (nSPS) is 32.0. The minimum atomic E-state index is -0.0506. The number of carbonyl (C=O) groups excluding carboxylic acids is 2. The van der Waals surface area contributed by atoms with Gasteiger partial charge in [-0.25, -0.2) is 0 Å². The second-order valence-electron chi connectivity index (χ2n) is 4.28. The SMILES string of the molecule is CCCC(N)CN1C(=O)C2CC2C1=O. The second-order valence-corrected chi connectivity index (χ2v) is 4.28. The van der Waals surface area contributed by atoms with Gasteiger partial charge in [0.25, 0.3) is 0 Å². The van der Waals surface area contributed by atoms with Crippen LogP contribution in [0.3, 0.4) is 0 Å². The molecule has 2 amide bonds. The van der Waals surface area contributed by atoms with E-state index in [0.717, 1.165) is 19.3 Å². The summed E-state index contributed by atoms with van der Waals surface area (Å²) in [5.41, 5.74) is 5.80. The zero-order chi connectivity index (χ0) is 10.3. The van der Waals surface area contributed by atoms with E-state index in [2.05, 4.69) is 0 Å². The number of hydrogen-bond acceptors (Lipinski definition) is 3. The van der Waals surface area contributed by atoms with Crippen LogP contribution in [-0.4, -0.2) is 29.3 Å². The summed E-state index contributed by atoms with van der Waals surface area (Å²) in [7, 11) is 0. The van der Waals surface area contributed by atoms with Gasteiger partial charge in [0.05, 0.1) is 11.8 Å². The molecule has 0 bridgehead atoms. The van der Waals surface area contributed by atoms with Gasteiger partial charge in [-0.05, 0) is 12.8 Å². The molecule has 0 radical (unpaired) electrons. The van der Waals surface area contributed by atoms with Crippen LogP contribution in [0.2, 0.25) is 0 Å². The summed E-state index contributed by atoms with van der Waals surface area (Å²) in [6, 6.07) is -0.0506. The molecule has 2 rings (SSSR count). The van der Waals surface area contributed by atoms with Crippen molar-refractivity contribution < 1.29 is 9.59 Å². The van der Waals surface area contributed by atoms with Gasteiger partial charge in [0, 0.05) is 12.6 Å². The number of hydrogen-bond donors (Lipinski definition) is 1. The lowest BCUT2D eigenvalue weighted by atomic mass is 10.1. The lowest BCUT2D eigenvalue weighted by Gasteiger charge is -2.20. The van der Waals surface area contributed by atoms with Crippen molar-refractivity contribution >= 4 is 11.8 Å². The monoisotopic (exact) mass is 196 g/mol. The molecule has 78 valence electrons. The number of piperidine rings is 1. The average molecular weight is 196 g/mol. The molecule has 1 heterocycles. The van der Waals surface area contributed by atoms with Crippen LogP contribution < -0.4 is 5.73 Å². The molecule has 1 aliphatic heterocycles. The first-order valence-electron chi connectivity index (χ1n) is 5.26. The second kappa shape index (κ2) is 3.35. The standard InChI is InChI=1S/C10H16N2O2/c1-2-3-6(11)5-12-9(13)7-4-8(7)10(12)14/h6-8H,2-5,11H2,1H3. The molecule has 14 heavy (non-hydrogen) atoms. The molecule has 4 heteroatoms. The first-order valence-corrected chi connectivity index (χ1v) is 5.26. The molecular weight excluding hydrogens is 180 g/mol. The van der Waals surface area contributed by atoms with Crippen LogP contribution >= 0.6 is 0 Å². The third kappa shape index (κ3) is 1.43. The number of fused-ring (bicyclic) bond motifs is 1. The Kier molecular flexibility index (Phi) is 2.31. The van der Waals surface area contributed by atoms with E-state index in [1.807, 2.05) is 6.92 Å². The zero-order valence-electron chi connectivity index (χ0n) is 8.40. The van der Waals surface area contributed by atoms with Gasteiger partial charge >= 0.3 is 0 Å². The molecular formula is C10H16N2O2. The van der Waals surface area contributed by atoms with Gasteiger partial charge in [0.1, 0.15) is 0 Å². The van der Waals surface area contributed by atoms with Crippen molar-refractivity contribution in [3.05, 3.63) is 0 Å². The molecule has 0 aromatic carbocycles. The summed E-state index contributed by atoms with van der Waals surface area (Å²) in [6.45, 7) is 2.46. The molecule has 1 aliphatic carbocycles. The van der Waals surface area contributed by atoms with Crippen molar-refractivity contribution in [2.24, 2.45) is 17.6 Å². The van der Waals surface area contributed by atoms with E-state index in [9.17, 15) is 9.59 Å². The molecule has 1 saturated heterocycles. The topological polar surface area (TPSA) is 63.4 Å². The maximum absolute atomic E-state index is 11.5. The van der Waals surface area contributed by atoms with Crippen LogP contribution in [0.25, 0.3) is 0 Å². The molecule has 0 aromatic rings. The highest BCUT2D eigenvalue weighted by Gasteiger charge is 2.58. The van der Waals surface area contributed by atoms with Crippen molar-refractivity contribution in [3.8, 4) is 0 Å². The Morgan fingerprint density at radius 2 is 2.00 bits per heavy atom. The molecule has 2 fully saturated rings. The van der Waals surface area contributed by atoms with Crippen LogP contribution in [0.5, 0.6) is 0 Å². The minimum absolute atomic E-state index is 0.00607. The maximum Gasteiger partial charge on any atom is 0.233 e. The number of carbonyl (C=O) groups is 2. The summed E-state index contributed by atoms with van der Waals surface area (Å²) in [5.74, 6) is 0.0331. The fraction of sp³-hybridized carbons (Fsp3) is 0.800. The average Bonchev–Trinajstić information content (AvgIpc) is 2.87. The van der Waals surface area contributed by atoms with E-state index in [1.54, 1.807) is 0 Å². The van der Waals surface area contributed by atoms with Gasteiger partial charge in [-0.2, -0.15) is 0 Å². The van der Waals surface area contributed by atoms with Crippen LogP contribution in [0.15, 0.2) is 0 Å². The van der Waals surface area contributed by atoms with Crippen molar-refractivity contribution in [3.63, 3.8) is 0 Å². The molecule has 0 spiro atoms. The van der Waals surface area contributed by atoms with Crippen molar-refractivity contribution in [2.75, 3.05) is 6.54 Å². The van der Waals surface area contributed by atoms with E-state index in [0.29, 0.717) is 6.54 Å². The number of nitrogens with zero attached hydrogens (tertiary/aromatic N) is 1. The lowest BCUT2D eigenvalue weighted by Crippen LogP contribution is -2.42. The predicted octanol–water partition coefficient (Wildman–Crippen LogP) is 0.119. The Balaban J connectivity index is 1.92. The molecule has 3 unspecified atom stereocenters. The van der Waals surface area contributed by atoms with Gasteiger partial charge in [-0.15, -0.1) is 0 Å². The fourth-order valence-electron chi connectivity index (χ4n) is 2.13. The van der Waals surface area contributed by atoms with E-state index in [-0.39, 0.29) is 29.7 Å². The first kappa shape index (κ1) is 9.65. The van der Waals surface area contributed by atoms with E-state index >= 15 is 0 Å². The van der Waals surface area contributed by atoms with Crippen LogP contribution in [0.4, 0.5) is 0 Å². The molecule has 2 aliphatic rings. The smallest absolute Gasteiger partial charge is 0.233 e. The fourth-order valence-corrected chi connectivity index (χ4v) is 2.13. The summed E-state index contributed by atoms with van der Waals surface area (Å²) in [6.07, 6.45) is 2.63. The maximum atomic E-state index is 11.5. The lowest BCUT2D eigenvalue weighted by molar-refractivity contribution is -0.141. The van der Waals surface area contributed by atoms with Gasteiger partial charge in [0.2, 0.25) is 11.8 Å². The van der Waals surface area contributed by atoms with Gasteiger partial charge in [-0.1, -0.05) is 13.3 Å². The quantitative estimate of drug-likeness (QED) is 0.649. The molecule has 2 N–H and O–H groups in total. The third-order valence-electron chi connectivity index (χ3n) is 3.03. The summed E-state index contributed by atoms with van der Waals surface area (Å²) in [5, 5.41) is 0. The van der Waals surface area contributed by atoms with E-state index in [1.165, 1.54) is 4.90 Å². The predicted molar refractivity (Wildman–Crippen MR) is 51.2 cm³/mol. The number of imide groups is 1. The number of nitrogens with two attached hydrogens (primary N) is 1. The zero-order valence-corrected chi connectivity index (χ0v) is 8.40. The molecule has 4 nitrogen and oxygen atoms in total. The Hall–Kier alpha value is -0.900. The minimum Gasteiger partial charge on any atom is -0.326 e. The highest BCUT2D eigenvalue weighted by molar-refractivity contribution is 6.08. The summed E-state index contributed by atoms with van der Waals surface area (Å²) >= 11 is 0. The molecule has 3 atom stereocenters. The van der Waals surface area contributed by atoms with Gasteiger partial charge < -0.3 is 5.73 Å². The number of rotatable bonds is 4. The first-order chi connectivity index (χ1) is 6.65. The summed E-state index contributed by atoms with van der Waals surface area (Å²) in [4.78, 5) is 24.5. The number of likely N-dealkylation sites (tertiary alicyclic amines) is 1. The Morgan fingerprint density at radius 1 is 1.43 bits per heavy atom.